The molecule has 0 aliphatic heterocycles. The van der Waals surface area contributed by atoms with Crippen LogP contribution in [0.2, 0.25) is 5.02 Å². The van der Waals surface area contributed by atoms with Gasteiger partial charge in [0.2, 0.25) is 11.8 Å². The summed E-state index contributed by atoms with van der Waals surface area (Å²) < 4.78 is 39.6. The Hall–Kier alpha value is -3.76. The van der Waals surface area contributed by atoms with Gasteiger partial charge in [-0.1, -0.05) is 30.7 Å². The van der Waals surface area contributed by atoms with Crippen molar-refractivity contribution in [1.29, 1.82) is 0 Å². The summed E-state index contributed by atoms with van der Waals surface area (Å²) in [6.07, 6.45) is 0.718. The molecular weight excluding hydrogens is 578 g/mol. The molecule has 0 unspecified atom stereocenters. The number of rotatable bonds is 14. The van der Waals surface area contributed by atoms with Crippen molar-refractivity contribution in [2.75, 3.05) is 24.6 Å². The van der Waals surface area contributed by atoms with Gasteiger partial charge in [-0.2, -0.15) is 0 Å². The molecule has 0 radical (unpaired) electrons. The van der Waals surface area contributed by atoms with Gasteiger partial charge in [-0.3, -0.25) is 13.9 Å². The molecule has 2 amide bonds. The molecule has 0 saturated heterocycles. The van der Waals surface area contributed by atoms with Crippen molar-refractivity contribution in [3.63, 3.8) is 0 Å². The van der Waals surface area contributed by atoms with Gasteiger partial charge in [-0.15, -0.1) is 0 Å². The molecule has 0 aliphatic rings. The van der Waals surface area contributed by atoms with Gasteiger partial charge < -0.3 is 19.7 Å². The number of nitrogens with zero attached hydrogens (tertiary/aromatic N) is 2. The number of hydrogen-bond acceptors (Lipinski definition) is 6. The number of ether oxygens (including phenoxy) is 2. The summed E-state index contributed by atoms with van der Waals surface area (Å²) in [4.78, 5) is 28.6. The number of amides is 2. The molecule has 0 bridgehead atoms. The molecule has 11 heteroatoms. The Morgan fingerprint density at radius 3 is 2.05 bits per heavy atom. The summed E-state index contributed by atoms with van der Waals surface area (Å²) >= 11 is 6.01. The Morgan fingerprint density at radius 2 is 1.50 bits per heavy atom. The molecule has 0 saturated carbocycles. The van der Waals surface area contributed by atoms with E-state index in [9.17, 15) is 18.0 Å². The Morgan fingerprint density at radius 1 is 0.905 bits per heavy atom. The smallest absolute Gasteiger partial charge is 0.264 e. The molecule has 226 valence electrons. The molecule has 3 aromatic carbocycles. The highest BCUT2D eigenvalue weighted by atomic mass is 35.5. The fourth-order valence-electron chi connectivity index (χ4n) is 4.11. The molecule has 2 atom stereocenters. The zero-order valence-corrected chi connectivity index (χ0v) is 26.1. The molecule has 1 N–H and O–H groups in total. The first kappa shape index (κ1) is 32.8. The second-order valence-electron chi connectivity index (χ2n) is 9.76. The highest BCUT2D eigenvalue weighted by Crippen LogP contribution is 2.27. The number of carbonyl (C=O) groups excluding carboxylic acids is 2. The zero-order valence-electron chi connectivity index (χ0n) is 24.5. The molecule has 0 heterocycles. The molecule has 0 aromatic heterocycles. The number of methoxy groups -OCH3 is 1. The van der Waals surface area contributed by atoms with Crippen LogP contribution in [-0.4, -0.2) is 57.5 Å². The van der Waals surface area contributed by atoms with E-state index in [1.54, 1.807) is 62.6 Å². The zero-order chi connectivity index (χ0) is 30.9. The van der Waals surface area contributed by atoms with Gasteiger partial charge in [0.25, 0.3) is 10.0 Å². The number of halogens is 1. The number of hydrogen-bond donors (Lipinski definition) is 1. The maximum absolute atomic E-state index is 14.0. The van der Waals surface area contributed by atoms with E-state index >= 15 is 0 Å². The van der Waals surface area contributed by atoms with Crippen LogP contribution in [-0.2, 0) is 26.2 Å². The van der Waals surface area contributed by atoms with Gasteiger partial charge in [0.1, 0.15) is 24.1 Å². The first-order valence-corrected chi connectivity index (χ1v) is 15.6. The number of benzene rings is 3. The Kier molecular flexibility index (Phi) is 11.6. The van der Waals surface area contributed by atoms with Crippen LogP contribution in [0.5, 0.6) is 11.5 Å². The second kappa shape index (κ2) is 14.9. The third-order valence-corrected chi connectivity index (χ3v) is 8.84. The Labute approximate surface area is 253 Å². The first-order chi connectivity index (χ1) is 20.0. The van der Waals surface area contributed by atoms with E-state index in [0.29, 0.717) is 23.1 Å². The van der Waals surface area contributed by atoms with E-state index in [2.05, 4.69) is 5.32 Å². The minimum absolute atomic E-state index is 0.0298. The normalized spacial score (nSPS) is 12.6. The first-order valence-electron chi connectivity index (χ1n) is 13.7. The lowest BCUT2D eigenvalue weighted by Gasteiger charge is -2.32. The minimum Gasteiger partial charge on any atom is -0.497 e. The largest absolute Gasteiger partial charge is 0.497 e. The third kappa shape index (κ3) is 8.39. The van der Waals surface area contributed by atoms with E-state index < -0.39 is 28.5 Å². The van der Waals surface area contributed by atoms with Crippen LogP contribution < -0.4 is 19.1 Å². The average molecular weight is 616 g/mol. The number of anilines is 1. The molecule has 3 rings (SSSR count). The molecule has 0 aliphatic carbocycles. The van der Waals surface area contributed by atoms with Gasteiger partial charge >= 0.3 is 0 Å². The SMILES string of the molecule is CCOc1ccc(N(CC(=O)N(Cc2ccc(OC)cc2)[C@H](C)C(=O)N[C@H](C)CC)S(=O)(=O)c2ccc(Cl)cc2)cc1. The van der Waals surface area contributed by atoms with Gasteiger partial charge in [0.15, 0.2) is 0 Å². The van der Waals surface area contributed by atoms with Crippen molar-refractivity contribution in [2.24, 2.45) is 0 Å². The number of sulfonamides is 1. The lowest BCUT2D eigenvalue weighted by Crippen LogP contribution is -2.52. The Bertz CT molecular complexity index is 1430. The highest BCUT2D eigenvalue weighted by molar-refractivity contribution is 7.92. The standard InChI is InChI=1S/C31H38ClN3O6S/c1-6-22(3)33-31(37)23(4)34(20-24-8-14-27(40-5)15-9-24)30(36)21-35(26-12-16-28(17-13-26)41-7-2)42(38,39)29-18-10-25(32)11-19-29/h8-19,22-23H,6-7,20-21H2,1-5H3,(H,33,37)/t22-,23-/m1/s1. The van der Waals surface area contributed by atoms with E-state index in [0.717, 1.165) is 16.3 Å². The van der Waals surface area contributed by atoms with Gasteiger partial charge in [0, 0.05) is 17.6 Å². The van der Waals surface area contributed by atoms with E-state index in [1.807, 2.05) is 20.8 Å². The molecule has 42 heavy (non-hydrogen) atoms. The lowest BCUT2D eigenvalue weighted by molar-refractivity contribution is -0.139. The van der Waals surface area contributed by atoms with Crippen LogP contribution in [0.1, 0.15) is 39.7 Å². The number of nitrogens with one attached hydrogen (secondary N) is 1. The lowest BCUT2D eigenvalue weighted by atomic mass is 10.1. The van der Waals surface area contributed by atoms with Crippen molar-refractivity contribution in [3.05, 3.63) is 83.4 Å². The second-order valence-corrected chi connectivity index (χ2v) is 12.1. The van der Waals surface area contributed by atoms with Crippen molar-refractivity contribution < 1.29 is 27.5 Å². The summed E-state index contributed by atoms with van der Waals surface area (Å²) in [6, 6.07) is 18.3. The fraction of sp³-hybridized carbons (Fsp3) is 0.355. The molecular formula is C31H38ClN3O6S. The minimum atomic E-state index is -4.21. The van der Waals surface area contributed by atoms with Crippen molar-refractivity contribution in [1.82, 2.24) is 10.2 Å². The van der Waals surface area contributed by atoms with Crippen LogP contribution in [0.25, 0.3) is 0 Å². The van der Waals surface area contributed by atoms with Crippen molar-refractivity contribution in [2.45, 2.75) is 57.6 Å². The van der Waals surface area contributed by atoms with Crippen LogP contribution in [0.4, 0.5) is 5.69 Å². The number of carbonyl (C=O) groups is 2. The quantitative estimate of drug-likeness (QED) is 0.265. The van der Waals surface area contributed by atoms with Crippen LogP contribution >= 0.6 is 11.6 Å². The molecule has 0 fully saturated rings. The monoisotopic (exact) mass is 615 g/mol. The summed E-state index contributed by atoms with van der Waals surface area (Å²) in [5, 5.41) is 3.30. The van der Waals surface area contributed by atoms with Gasteiger partial charge in [-0.25, -0.2) is 8.42 Å². The van der Waals surface area contributed by atoms with Gasteiger partial charge in [-0.05, 0) is 93.4 Å². The average Bonchev–Trinajstić information content (AvgIpc) is 2.99. The summed E-state index contributed by atoms with van der Waals surface area (Å²) in [7, 11) is -2.65. The summed E-state index contributed by atoms with van der Waals surface area (Å²) in [5.74, 6) is 0.325. The molecule has 9 nitrogen and oxygen atoms in total. The summed E-state index contributed by atoms with van der Waals surface area (Å²) in [5.41, 5.74) is 1.02. The summed E-state index contributed by atoms with van der Waals surface area (Å²) in [6.45, 7) is 7.29. The predicted molar refractivity (Wildman–Crippen MR) is 164 cm³/mol. The van der Waals surface area contributed by atoms with E-state index in [4.69, 9.17) is 21.1 Å². The van der Waals surface area contributed by atoms with Crippen LogP contribution in [0.15, 0.2) is 77.7 Å². The van der Waals surface area contributed by atoms with Crippen molar-refractivity contribution >= 4 is 39.1 Å². The molecule has 0 spiro atoms. The van der Waals surface area contributed by atoms with Crippen LogP contribution in [0, 0.1) is 0 Å². The van der Waals surface area contributed by atoms with E-state index in [-0.39, 0.29) is 29.1 Å². The fourth-order valence-corrected chi connectivity index (χ4v) is 5.65. The van der Waals surface area contributed by atoms with Gasteiger partial charge in [0.05, 0.1) is 24.3 Å². The van der Waals surface area contributed by atoms with E-state index in [1.165, 1.54) is 29.2 Å². The maximum atomic E-state index is 14.0. The highest BCUT2D eigenvalue weighted by Gasteiger charge is 2.33. The Balaban J connectivity index is 2.02. The maximum Gasteiger partial charge on any atom is 0.264 e. The third-order valence-electron chi connectivity index (χ3n) is 6.80. The predicted octanol–water partition coefficient (Wildman–Crippen LogP) is 5.27. The molecule has 3 aromatic rings. The van der Waals surface area contributed by atoms with Crippen LogP contribution in [0.3, 0.4) is 0 Å². The van der Waals surface area contributed by atoms with Crippen molar-refractivity contribution in [3.8, 4) is 11.5 Å². The topological polar surface area (TPSA) is 105 Å².